The predicted molar refractivity (Wildman–Crippen MR) is 156 cm³/mol. The largest absolute Gasteiger partial charge is 0.390 e. The van der Waals surface area contributed by atoms with Gasteiger partial charge in [-0.3, -0.25) is 9.36 Å². The number of alkyl halides is 3. The smallest absolute Gasteiger partial charge is 0.382 e. The summed E-state index contributed by atoms with van der Waals surface area (Å²) >= 11 is 12.6. The van der Waals surface area contributed by atoms with E-state index in [9.17, 15) is 26.4 Å². The molecule has 1 aliphatic rings. The van der Waals surface area contributed by atoms with Gasteiger partial charge in [-0.15, -0.1) is 0 Å². The number of rotatable bonds is 9. The molecule has 0 unspecified atom stereocenters. The van der Waals surface area contributed by atoms with Crippen molar-refractivity contribution in [2.24, 2.45) is 0 Å². The molecule has 1 N–H and O–H groups in total. The molecule has 1 fully saturated rings. The van der Waals surface area contributed by atoms with Crippen LogP contribution in [-0.4, -0.2) is 66.9 Å². The van der Waals surface area contributed by atoms with Gasteiger partial charge in [-0.2, -0.15) is 21.6 Å². The molecule has 42 heavy (non-hydrogen) atoms. The SMILES string of the molecule is Cc1c(C(=O)N[C@H]2CCCC[C@H]2N(C)C)nc(-c2ccc(Cl)cc2Cl)n1-c1ccc(OS(=O)(=O)CCC(F)(F)F)cc1. The zero-order valence-electron chi connectivity index (χ0n) is 23.2. The number of benzene rings is 2. The fraction of sp³-hybridized carbons (Fsp3) is 0.429. The number of likely N-dealkylation sites (N-methyl/N-ethyl adjacent to an activating group) is 1. The van der Waals surface area contributed by atoms with Gasteiger partial charge in [0.2, 0.25) is 0 Å². The molecule has 1 heterocycles. The number of carbonyl (C=O) groups is 1. The van der Waals surface area contributed by atoms with Gasteiger partial charge in [0.05, 0.1) is 22.9 Å². The molecule has 228 valence electrons. The van der Waals surface area contributed by atoms with Crippen LogP contribution in [0, 0.1) is 6.92 Å². The van der Waals surface area contributed by atoms with Gasteiger partial charge in [0.1, 0.15) is 17.3 Å². The Labute approximate surface area is 252 Å². The second kappa shape index (κ2) is 12.8. The minimum Gasteiger partial charge on any atom is -0.382 e. The van der Waals surface area contributed by atoms with Gasteiger partial charge in [0.15, 0.2) is 0 Å². The minimum atomic E-state index is -4.63. The molecule has 0 radical (unpaired) electrons. The average Bonchev–Trinajstić information content (AvgIpc) is 3.24. The summed E-state index contributed by atoms with van der Waals surface area (Å²) in [6.07, 6.45) is -2.24. The molecule has 0 spiro atoms. The summed E-state index contributed by atoms with van der Waals surface area (Å²) in [7, 11) is -0.490. The van der Waals surface area contributed by atoms with Gasteiger partial charge < -0.3 is 14.4 Å². The van der Waals surface area contributed by atoms with Crippen LogP contribution < -0.4 is 9.50 Å². The van der Waals surface area contributed by atoms with Gasteiger partial charge in [0, 0.05) is 28.4 Å². The third-order valence-corrected chi connectivity index (χ3v) is 8.86. The maximum atomic E-state index is 13.6. The number of hydrogen-bond acceptors (Lipinski definition) is 6. The number of nitrogens with zero attached hydrogens (tertiary/aromatic N) is 3. The molecule has 2 aromatic carbocycles. The van der Waals surface area contributed by atoms with Crippen molar-refractivity contribution in [3.63, 3.8) is 0 Å². The van der Waals surface area contributed by atoms with Crippen LogP contribution >= 0.6 is 23.2 Å². The lowest BCUT2D eigenvalue weighted by molar-refractivity contribution is -0.130. The maximum Gasteiger partial charge on any atom is 0.390 e. The highest BCUT2D eigenvalue weighted by atomic mass is 35.5. The van der Waals surface area contributed by atoms with Crippen LogP contribution in [-0.2, 0) is 10.1 Å². The Morgan fingerprint density at radius 3 is 2.40 bits per heavy atom. The Morgan fingerprint density at radius 1 is 1.12 bits per heavy atom. The normalized spacial score (nSPS) is 17.8. The molecular formula is C28H31Cl2F3N4O4S. The Hall–Kier alpha value is -2.80. The summed E-state index contributed by atoms with van der Waals surface area (Å²) in [6.45, 7) is 1.73. The third kappa shape index (κ3) is 7.77. The van der Waals surface area contributed by atoms with Gasteiger partial charge in [-0.1, -0.05) is 36.0 Å². The zero-order chi connectivity index (χ0) is 30.8. The molecule has 1 aliphatic carbocycles. The molecular weight excluding hydrogens is 616 g/mol. The van der Waals surface area contributed by atoms with Crippen molar-refractivity contribution in [3.8, 4) is 22.8 Å². The quantitative estimate of drug-likeness (QED) is 0.270. The number of imidazole rings is 1. The van der Waals surface area contributed by atoms with E-state index in [-0.39, 0.29) is 29.4 Å². The molecule has 8 nitrogen and oxygen atoms in total. The summed E-state index contributed by atoms with van der Waals surface area (Å²) in [5.41, 5.74) is 1.68. The second-order valence-corrected chi connectivity index (χ2v) is 13.0. The number of hydrogen-bond donors (Lipinski definition) is 1. The van der Waals surface area contributed by atoms with E-state index in [0.29, 0.717) is 32.8 Å². The first-order valence-electron chi connectivity index (χ1n) is 13.3. The Balaban J connectivity index is 1.69. The topological polar surface area (TPSA) is 93.5 Å². The summed E-state index contributed by atoms with van der Waals surface area (Å²) in [6, 6.07) is 10.7. The molecule has 1 aromatic heterocycles. The zero-order valence-corrected chi connectivity index (χ0v) is 25.5. The lowest BCUT2D eigenvalue weighted by Crippen LogP contribution is -2.51. The van der Waals surface area contributed by atoms with E-state index in [2.05, 4.69) is 15.2 Å². The van der Waals surface area contributed by atoms with Crippen molar-refractivity contribution < 1.29 is 30.6 Å². The highest BCUT2D eigenvalue weighted by Gasteiger charge is 2.32. The van der Waals surface area contributed by atoms with Crippen LogP contribution in [0.3, 0.4) is 0 Å². The van der Waals surface area contributed by atoms with E-state index >= 15 is 0 Å². The molecule has 1 saturated carbocycles. The number of amides is 1. The molecule has 1 amide bonds. The van der Waals surface area contributed by atoms with E-state index in [1.807, 2.05) is 14.1 Å². The fourth-order valence-corrected chi connectivity index (χ4v) is 6.56. The molecule has 2 atom stereocenters. The summed E-state index contributed by atoms with van der Waals surface area (Å²) in [4.78, 5) is 20.4. The standard InChI is InChI=1S/C28H31Cl2F3N4O4S/c1-17-25(27(38)34-23-6-4-5-7-24(23)36(2)3)35-26(21-13-8-18(29)16-22(21)30)37(17)19-9-11-20(12-10-19)41-42(39,40)15-14-28(31,32)33/h8-13,16,23-24H,4-7,14-15H2,1-3H3,(H,34,38)/t23-,24+/m0/s1. The second-order valence-electron chi connectivity index (χ2n) is 10.4. The number of aromatic nitrogens is 2. The van der Waals surface area contributed by atoms with E-state index in [1.165, 1.54) is 24.3 Å². The molecule has 3 aromatic rings. The molecule has 4 rings (SSSR count). The van der Waals surface area contributed by atoms with Crippen molar-refractivity contribution >= 4 is 39.2 Å². The maximum absolute atomic E-state index is 13.6. The number of carbonyl (C=O) groups excluding carboxylic acids is 1. The van der Waals surface area contributed by atoms with E-state index in [1.54, 1.807) is 29.7 Å². The predicted octanol–water partition coefficient (Wildman–Crippen LogP) is 6.42. The van der Waals surface area contributed by atoms with Crippen molar-refractivity contribution in [1.29, 1.82) is 0 Å². The lowest BCUT2D eigenvalue weighted by atomic mass is 9.89. The molecule has 0 bridgehead atoms. The lowest BCUT2D eigenvalue weighted by Gasteiger charge is -2.36. The van der Waals surface area contributed by atoms with Crippen molar-refractivity contribution in [3.05, 3.63) is 63.9 Å². The summed E-state index contributed by atoms with van der Waals surface area (Å²) in [5, 5.41) is 3.87. The van der Waals surface area contributed by atoms with Crippen molar-refractivity contribution in [2.75, 3.05) is 19.8 Å². The van der Waals surface area contributed by atoms with Gasteiger partial charge in [0.25, 0.3) is 5.91 Å². The number of nitrogens with one attached hydrogen (secondary N) is 1. The molecule has 0 saturated heterocycles. The van der Waals surface area contributed by atoms with Crippen LogP contribution in [0.2, 0.25) is 10.0 Å². The van der Waals surface area contributed by atoms with Crippen LogP contribution in [0.25, 0.3) is 17.1 Å². The third-order valence-electron chi connectivity index (χ3n) is 7.16. The van der Waals surface area contributed by atoms with Crippen LogP contribution in [0.5, 0.6) is 5.75 Å². The Morgan fingerprint density at radius 2 is 1.79 bits per heavy atom. The number of halogens is 5. The first-order valence-corrected chi connectivity index (χ1v) is 15.6. The van der Waals surface area contributed by atoms with E-state index < -0.39 is 28.5 Å². The average molecular weight is 648 g/mol. The molecule has 14 heteroatoms. The van der Waals surface area contributed by atoms with E-state index in [0.717, 1.165) is 25.7 Å². The monoisotopic (exact) mass is 646 g/mol. The van der Waals surface area contributed by atoms with Gasteiger partial charge in [-0.05, 0) is 76.3 Å². The van der Waals surface area contributed by atoms with Crippen molar-refractivity contribution in [2.45, 2.75) is 57.3 Å². The summed E-state index contributed by atoms with van der Waals surface area (Å²) in [5.74, 6) is -1.35. The minimum absolute atomic E-state index is 0.0518. The fourth-order valence-electron chi connectivity index (χ4n) is 5.10. The van der Waals surface area contributed by atoms with Crippen LogP contribution in [0.15, 0.2) is 42.5 Å². The van der Waals surface area contributed by atoms with Gasteiger partial charge >= 0.3 is 16.3 Å². The first kappa shape index (κ1) is 32.1. The Kier molecular flexibility index (Phi) is 9.81. The van der Waals surface area contributed by atoms with Crippen LogP contribution in [0.4, 0.5) is 13.2 Å². The highest BCUT2D eigenvalue weighted by molar-refractivity contribution is 7.87. The van der Waals surface area contributed by atoms with Gasteiger partial charge in [-0.25, -0.2) is 4.98 Å². The molecule has 0 aliphatic heterocycles. The first-order chi connectivity index (χ1) is 19.6. The van der Waals surface area contributed by atoms with Crippen molar-refractivity contribution in [1.82, 2.24) is 19.8 Å². The van der Waals surface area contributed by atoms with E-state index in [4.69, 9.17) is 27.4 Å². The highest BCUT2D eigenvalue weighted by Crippen LogP contribution is 2.34. The Bertz CT molecular complexity index is 1540. The van der Waals surface area contributed by atoms with Crippen LogP contribution in [0.1, 0.15) is 48.3 Å². The summed E-state index contributed by atoms with van der Waals surface area (Å²) < 4.78 is 68.2.